The standard InChI is InChI=1S/C28H32Cl2N4O/c1-28(2)18-34(13-9-21(28)16-19-5-7-23(29)24(30)17-19)22-10-14-33(15-11-22)27(35)25-8-6-20-4-3-12-31-26(20)32-25/h3-8,12,17,21-22H,9-11,13-16,18H2,1-2H3. The van der Waals surface area contributed by atoms with Gasteiger partial charge in [-0.05, 0) is 85.5 Å². The molecule has 5 nitrogen and oxygen atoms in total. The van der Waals surface area contributed by atoms with Crippen LogP contribution in [0, 0.1) is 11.3 Å². The third-order valence-corrected chi connectivity index (χ3v) is 8.64. The number of carbonyl (C=O) groups is 1. The van der Waals surface area contributed by atoms with Crippen molar-refractivity contribution < 1.29 is 4.79 Å². The second-order valence-electron chi connectivity index (χ2n) is 10.7. The maximum Gasteiger partial charge on any atom is 0.272 e. The summed E-state index contributed by atoms with van der Waals surface area (Å²) in [5, 5.41) is 2.20. The Labute approximate surface area is 217 Å². The molecule has 2 aliphatic rings. The molecular formula is C28H32Cl2N4O. The molecule has 1 unspecified atom stereocenters. The van der Waals surface area contributed by atoms with Crippen molar-refractivity contribution in [1.29, 1.82) is 0 Å². The Morgan fingerprint density at radius 3 is 2.57 bits per heavy atom. The number of fused-ring (bicyclic) bond motifs is 1. The smallest absolute Gasteiger partial charge is 0.272 e. The molecule has 1 amide bonds. The number of hydrogen-bond donors (Lipinski definition) is 0. The SMILES string of the molecule is CC1(C)CN(C2CCN(C(=O)c3ccc4cccnc4n3)CC2)CCC1Cc1ccc(Cl)c(Cl)c1. The molecule has 1 aromatic carbocycles. The molecule has 2 aromatic heterocycles. The fourth-order valence-electron chi connectivity index (χ4n) is 5.75. The van der Waals surface area contributed by atoms with Crippen LogP contribution >= 0.6 is 23.2 Å². The van der Waals surface area contributed by atoms with Crippen molar-refractivity contribution in [3.05, 3.63) is 70.0 Å². The summed E-state index contributed by atoms with van der Waals surface area (Å²) >= 11 is 12.4. The quantitative estimate of drug-likeness (QED) is 0.423. The van der Waals surface area contributed by atoms with Gasteiger partial charge in [0.25, 0.3) is 5.91 Å². The molecule has 3 aromatic rings. The molecule has 5 rings (SSSR count). The van der Waals surface area contributed by atoms with Gasteiger partial charge in [-0.25, -0.2) is 9.97 Å². The predicted molar refractivity (Wildman–Crippen MR) is 142 cm³/mol. The Morgan fingerprint density at radius 2 is 1.83 bits per heavy atom. The number of carbonyl (C=O) groups excluding carboxylic acids is 1. The van der Waals surface area contributed by atoms with Gasteiger partial charge in [0, 0.05) is 37.3 Å². The van der Waals surface area contributed by atoms with Gasteiger partial charge >= 0.3 is 0 Å². The molecule has 2 saturated heterocycles. The molecule has 4 heterocycles. The average molecular weight is 511 g/mol. The fourth-order valence-corrected chi connectivity index (χ4v) is 6.07. The lowest BCUT2D eigenvalue weighted by molar-refractivity contribution is 0.00803. The van der Waals surface area contributed by atoms with E-state index in [4.69, 9.17) is 23.2 Å². The normalized spacial score (nSPS) is 21.4. The number of amides is 1. The van der Waals surface area contributed by atoms with Crippen LogP contribution in [0.25, 0.3) is 11.0 Å². The van der Waals surface area contributed by atoms with Crippen molar-refractivity contribution in [2.75, 3.05) is 26.2 Å². The molecule has 0 bridgehead atoms. The summed E-state index contributed by atoms with van der Waals surface area (Å²) in [5.74, 6) is 0.613. The predicted octanol–water partition coefficient (Wildman–Crippen LogP) is 6.13. The van der Waals surface area contributed by atoms with E-state index in [2.05, 4.69) is 34.8 Å². The lowest BCUT2D eigenvalue weighted by Crippen LogP contribution is -2.53. The van der Waals surface area contributed by atoms with E-state index >= 15 is 0 Å². The molecule has 0 aliphatic carbocycles. The summed E-state index contributed by atoms with van der Waals surface area (Å²) in [6.45, 7) is 8.50. The summed E-state index contributed by atoms with van der Waals surface area (Å²) in [6, 6.07) is 14.1. The van der Waals surface area contributed by atoms with Crippen LogP contribution in [0.15, 0.2) is 48.7 Å². The van der Waals surface area contributed by atoms with Crippen LogP contribution < -0.4 is 0 Å². The number of rotatable bonds is 4. The van der Waals surface area contributed by atoms with Crippen molar-refractivity contribution in [3.8, 4) is 0 Å². The Hall–Kier alpha value is -2.21. The molecule has 0 N–H and O–H groups in total. The minimum Gasteiger partial charge on any atom is -0.337 e. The third-order valence-electron chi connectivity index (χ3n) is 7.90. The van der Waals surface area contributed by atoms with E-state index in [0.717, 1.165) is 50.8 Å². The second-order valence-corrected chi connectivity index (χ2v) is 11.5. The van der Waals surface area contributed by atoms with Gasteiger partial charge in [-0.15, -0.1) is 0 Å². The van der Waals surface area contributed by atoms with Gasteiger partial charge < -0.3 is 4.90 Å². The van der Waals surface area contributed by atoms with Crippen LogP contribution in [-0.4, -0.2) is 57.9 Å². The summed E-state index contributed by atoms with van der Waals surface area (Å²) in [4.78, 5) is 26.5. The first-order valence-corrected chi connectivity index (χ1v) is 13.2. The minimum absolute atomic E-state index is 0.0108. The van der Waals surface area contributed by atoms with Gasteiger partial charge in [-0.1, -0.05) is 43.1 Å². The number of piperidine rings is 2. The van der Waals surface area contributed by atoms with E-state index in [-0.39, 0.29) is 11.3 Å². The first-order chi connectivity index (χ1) is 16.8. The highest BCUT2D eigenvalue weighted by Gasteiger charge is 2.39. The van der Waals surface area contributed by atoms with Crippen LogP contribution in [0.5, 0.6) is 0 Å². The van der Waals surface area contributed by atoms with Crippen molar-refractivity contribution in [2.45, 2.75) is 45.6 Å². The maximum absolute atomic E-state index is 13.1. The molecule has 35 heavy (non-hydrogen) atoms. The van der Waals surface area contributed by atoms with Crippen LogP contribution in [0.2, 0.25) is 10.0 Å². The number of aromatic nitrogens is 2. The van der Waals surface area contributed by atoms with E-state index in [1.165, 1.54) is 12.0 Å². The molecule has 0 saturated carbocycles. The Kier molecular flexibility index (Phi) is 7.02. The van der Waals surface area contributed by atoms with Gasteiger partial charge in [0.05, 0.1) is 10.0 Å². The molecule has 2 aliphatic heterocycles. The van der Waals surface area contributed by atoms with Crippen LogP contribution in [0.1, 0.15) is 49.2 Å². The maximum atomic E-state index is 13.1. The average Bonchev–Trinajstić information content (AvgIpc) is 2.86. The first-order valence-electron chi connectivity index (χ1n) is 12.5. The highest BCUT2D eigenvalue weighted by molar-refractivity contribution is 6.42. The molecule has 2 fully saturated rings. The number of pyridine rings is 2. The van der Waals surface area contributed by atoms with E-state index in [1.54, 1.807) is 6.20 Å². The molecule has 1 atom stereocenters. The van der Waals surface area contributed by atoms with Gasteiger partial charge in [0.1, 0.15) is 5.69 Å². The molecule has 0 spiro atoms. The summed E-state index contributed by atoms with van der Waals surface area (Å²) in [5.41, 5.74) is 2.58. The zero-order valence-electron chi connectivity index (χ0n) is 20.4. The molecule has 184 valence electrons. The van der Waals surface area contributed by atoms with Gasteiger partial charge in [0.15, 0.2) is 5.65 Å². The summed E-state index contributed by atoms with van der Waals surface area (Å²) in [6.07, 6.45) is 5.92. The lowest BCUT2D eigenvalue weighted by atomic mass is 9.70. The molecular weight excluding hydrogens is 479 g/mol. The van der Waals surface area contributed by atoms with Gasteiger partial charge in [0.2, 0.25) is 0 Å². The number of likely N-dealkylation sites (tertiary alicyclic amines) is 2. The third kappa shape index (κ3) is 5.32. The highest BCUT2D eigenvalue weighted by Crippen LogP contribution is 2.39. The molecule has 7 heteroatoms. The fraction of sp³-hybridized carbons (Fsp3) is 0.464. The largest absolute Gasteiger partial charge is 0.337 e. The van der Waals surface area contributed by atoms with Crippen molar-refractivity contribution in [3.63, 3.8) is 0 Å². The Bertz CT molecular complexity index is 1220. The Morgan fingerprint density at radius 1 is 1.03 bits per heavy atom. The van der Waals surface area contributed by atoms with E-state index < -0.39 is 0 Å². The van der Waals surface area contributed by atoms with Gasteiger partial charge in [-0.3, -0.25) is 9.69 Å². The number of hydrogen-bond acceptors (Lipinski definition) is 4. The van der Waals surface area contributed by atoms with Crippen molar-refractivity contribution >= 4 is 40.1 Å². The van der Waals surface area contributed by atoms with E-state index in [9.17, 15) is 4.79 Å². The number of benzene rings is 1. The van der Waals surface area contributed by atoms with Crippen LogP contribution in [0.4, 0.5) is 0 Å². The zero-order valence-corrected chi connectivity index (χ0v) is 21.9. The lowest BCUT2D eigenvalue weighted by Gasteiger charge is -2.49. The Balaban J connectivity index is 1.17. The van der Waals surface area contributed by atoms with Crippen molar-refractivity contribution in [1.82, 2.24) is 19.8 Å². The van der Waals surface area contributed by atoms with Crippen molar-refractivity contribution in [2.24, 2.45) is 11.3 Å². The zero-order chi connectivity index (χ0) is 24.6. The number of halogens is 2. The highest BCUT2D eigenvalue weighted by atomic mass is 35.5. The van der Waals surface area contributed by atoms with Crippen LogP contribution in [0.3, 0.4) is 0 Å². The topological polar surface area (TPSA) is 49.3 Å². The van der Waals surface area contributed by atoms with E-state index in [0.29, 0.717) is 33.3 Å². The minimum atomic E-state index is 0.0108. The van der Waals surface area contributed by atoms with E-state index in [1.807, 2.05) is 41.3 Å². The summed E-state index contributed by atoms with van der Waals surface area (Å²) < 4.78 is 0. The van der Waals surface area contributed by atoms with Crippen LogP contribution in [-0.2, 0) is 6.42 Å². The molecule has 0 radical (unpaired) electrons. The monoisotopic (exact) mass is 510 g/mol. The number of nitrogens with zero attached hydrogens (tertiary/aromatic N) is 4. The second kappa shape index (κ2) is 10.0. The first kappa shape index (κ1) is 24.5. The van der Waals surface area contributed by atoms with Gasteiger partial charge in [-0.2, -0.15) is 0 Å². The summed E-state index contributed by atoms with van der Waals surface area (Å²) in [7, 11) is 0.